The van der Waals surface area contributed by atoms with E-state index >= 15 is 0 Å². The summed E-state index contributed by atoms with van der Waals surface area (Å²) in [5, 5.41) is 0.389. The molecule has 2 aliphatic heterocycles. The molecule has 0 aromatic heterocycles. The smallest absolute Gasteiger partial charge is 0.192 e. The van der Waals surface area contributed by atoms with Crippen molar-refractivity contribution in [3.05, 3.63) is 0 Å². The van der Waals surface area contributed by atoms with E-state index in [0.29, 0.717) is 18.3 Å². The van der Waals surface area contributed by atoms with Gasteiger partial charge < -0.3 is 18.3 Å². The van der Waals surface area contributed by atoms with E-state index in [1.54, 1.807) is 0 Å². The SMILES string of the molecule is CC[C@H](CC[C@@H]1O[C@]2(CC[C@H](C)[C@H](C[C@@H](C)O[Si](C)(C)C(C)(C)C)O2)CC(=O)[C@@H]1C)CO[Si](C)(C)C(C)(C)C. The lowest BCUT2D eigenvalue weighted by Crippen LogP contribution is -2.55. The molecule has 0 unspecified atom stereocenters. The van der Waals surface area contributed by atoms with Crippen molar-refractivity contribution in [3.63, 3.8) is 0 Å². The molecular weight excluding hydrogens is 521 g/mol. The number of rotatable bonds is 11. The van der Waals surface area contributed by atoms with E-state index in [9.17, 15) is 4.79 Å². The van der Waals surface area contributed by atoms with Crippen molar-refractivity contribution >= 4 is 22.4 Å². The molecule has 5 nitrogen and oxygen atoms in total. The van der Waals surface area contributed by atoms with Crippen LogP contribution >= 0.6 is 0 Å². The fourth-order valence-electron chi connectivity index (χ4n) is 5.35. The van der Waals surface area contributed by atoms with Crippen LogP contribution in [0.5, 0.6) is 0 Å². The molecule has 39 heavy (non-hydrogen) atoms. The first kappa shape index (κ1) is 35.1. The van der Waals surface area contributed by atoms with Gasteiger partial charge in [0.25, 0.3) is 0 Å². The summed E-state index contributed by atoms with van der Waals surface area (Å²) >= 11 is 0. The number of carbonyl (C=O) groups is 1. The maximum Gasteiger partial charge on any atom is 0.192 e. The van der Waals surface area contributed by atoms with E-state index < -0.39 is 22.4 Å². The average Bonchev–Trinajstić information content (AvgIpc) is 2.77. The highest BCUT2D eigenvalue weighted by atomic mass is 28.4. The van der Waals surface area contributed by atoms with Crippen LogP contribution in [0.3, 0.4) is 0 Å². The molecule has 0 radical (unpaired) electrons. The van der Waals surface area contributed by atoms with E-state index in [1.807, 2.05) is 6.92 Å². The van der Waals surface area contributed by atoms with Gasteiger partial charge >= 0.3 is 0 Å². The second-order valence-corrected chi connectivity index (χ2v) is 25.6. The number of ether oxygens (including phenoxy) is 2. The van der Waals surface area contributed by atoms with Crippen LogP contribution in [-0.4, -0.2) is 53.1 Å². The molecule has 2 saturated heterocycles. The molecule has 0 bridgehead atoms. The van der Waals surface area contributed by atoms with Gasteiger partial charge in [-0.3, -0.25) is 4.79 Å². The van der Waals surface area contributed by atoms with E-state index in [2.05, 4.69) is 88.5 Å². The molecule has 0 saturated carbocycles. The molecule has 0 amide bonds. The standard InChI is InChI=1S/C32H64O5Si2/c1-15-26(22-34-38(11,12)30(5,6)7)16-17-28-25(4)27(33)21-32(35-28)19-18-23(2)29(36-32)20-24(3)37-39(13,14)31(8,9)10/h23-26,28-29H,15-22H2,1-14H3/t23-,24+,25-,26+,28-,29-,32-/m0/s1. The van der Waals surface area contributed by atoms with Crippen LogP contribution in [-0.2, 0) is 23.1 Å². The Morgan fingerprint density at radius 3 is 2.08 bits per heavy atom. The third-order valence-corrected chi connectivity index (χ3v) is 19.8. The number of ketones is 1. The lowest BCUT2D eigenvalue weighted by Gasteiger charge is -2.49. The molecule has 7 heteroatoms. The second kappa shape index (κ2) is 13.1. The van der Waals surface area contributed by atoms with Crippen LogP contribution in [0.2, 0.25) is 36.3 Å². The number of Topliss-reactive ketones (excluding diaryl/α,β-unsaturated/α-hetero) is 1. The lowest BCUT2D eigenvalue weighted by molar-refractivity contribution is -0.323. The Labute approximate surface area is 244 Å². The molecule has 2 fully saturated rings. The quantitative estimate of drug-likeness (QED) is 0.227. The van der Waals surface area contributed by atoms with Gasteiger partial charge in [-0.05, 0) is 80.7 Å². The van der Waals surface area contributed by atoms with Gasteiger partial charge in [0, 0.05) is 25.0 Å². The predicted molar refractivity (Wildman–Crippen MR) is 168 cm³/mol. The van der Waals surface area contributed by atoms with E-state index in [4.69, 9.17) is 18.3 Å². The molecule has 7 atom stereocenters. The molecule has 0 N–H and O–H groups in total. The summed E-state index contributed by atoms with van der Waals surface area (Å²) in [6.07, 6.45) is 6.07. The van der Waals surface area contributed by atoms with Crippen molar-refractivity contribution in [2.45, 2.75) is 175 Å². The normalized spacial score (nSPS) is 31.0. The topological polar surface area (TPSA) is 54.0 Å². The summed E-state index contributed by atoms with van der Waals surface area (Å²) in [4.78, 5) is 13.3. The Morgan fingerprint density at radius 2 is 1.54 bits per heavy atom. The average molecular weight is 585 g/mol. The van der Waals surface area contributed by atoms with E-state index in [1.165, 1.54) is 0 Å². The first-order valence-corrected chi connectivity index (χ1v) is 21.6. The summed E-state index contributed by atoms with van der Waals surface area (Å²) in [6.45, 7) is 32.6. The highest BCUT2D eigenvalue weighted by Gasteiger charge is 2.50. The van der Waals surface area contributed by atoms with Gasteiger partial charge in [0.1, 0.15) is 5.78 Å². The van der Waals surface area contributed by atoms with Gasteiger partial charge in [-0.15, -0.1) is 0 Å². The summed E-state index contributed by atoms with van der Waals surface area (Å²) in [5.74, 6) is 0.333. The Morgan fingerprint density at radius 1 is 0.974 bits per heavy atom. The number of hydrogen-bond donors (Lipinski definition) is 0. The highest BCUT2D eigenvalue weighted by molar-refractivity contribution is 6.74. The minimum Gasteiger partial charge on any atom is -0.417 e. The van der Waals surface area contributed by atoms with Crippen molar-refractivity contribution in [2.75, 3.05) is 6.61 Å². The van der Waals surface area contributed by atoms with Crippen molar-refractivity contribution in [3.8, 4) is 0 Å². The third kappa shape index (κ3) is 9.21. The molecule has 0 aliphatic carbocycles. The zero-order valence-electron chi connectivity index (χ0n) is 28.2. The zero-order valence-corrected chi connectivity index (χ0v) is 30.2. The van der Waals surface area contributed by atoms with Crippen LogP contribution in [0.25, 0.3) is 0 Å². The number of hydrogen-bond acceptors (Lipinski definition) is 5. The summed E-state index contributed by atoms with van der Waals surface area (Å²) in [6, 6.07) is 0. The van der Waals surface area contributed by atoms with Gasteiger partial charge in [-0.1, -0.05) is 68.7 Å². The summed E-state index contributed by atoms with van der Waals surface area (Å²) in [5.41, 5.74) is 0. The Balaban J connectivity index is 2.05. The largest absolute Gasteiger partial charge is 0.417 e. The molecular formula is C32H64O5Si2. The Kier molecular flexibility index (Phi) is 11.8. The minimum absolute atomic E-state index is 0.0433. The molecule has 0 aromatic carbocycles. The molecule has 230 valence electrons. The fourth-order valence-corrected chi connectivity index (χ4v) is 7.89. The van der Waals surface area contributed by atoms with E-state index in [0.717, 1.165) is 45.1 Å². The van der Waals surface area contributed by atoms with Gasteiger partial charge in [0.15, 0.2) is 22.4 Å². The van der Waals surface area contributed by atoms with Crippen LogP contribution in [0.15, 0.2) is 0 Å². The maximum absolute atomic E-state index is 13.3. The first-order valence-electron chi connectivity index (χ1n) is 15.8. The third-order valence-electron chi connectivity index (χ3n) is 10.6. The monoisotopic (exact) mass is 584 g/mol. The maximum atomic E-state index is 13.3. The fraction of sp³-hybridized carbons (Fsp3) is 0.969. The molecule has 2 rings (SSSR count). The predicted octanol–water partition coefficient (Wildman–Crippen LogP) is 9.12. The minimum atomic E-state index is -1.86. The summed E-state index contributed by atoms with van der Waals surface area (Å²) in [7, 11) is -3.63. The van der Waals surface area contributed by atoms with Crippen molar-refractivity contribution in [2.24, 2.45) is 17.8 Å². The van der Waals surface area contributed by atoms with Gasteiger partial charge in [0.05, 0.1) is 18.6 Å². The molecule has 2 aliphatic rings. The Hall–Kier alpha value is -0.0562. The molecule has 2 heterocycles. The van der Waals surface area contributed by atoms with Gasteiger partial charge in [-0.25, -0.2) is 0 Å². The molecule has 0 aromatic rings. The van der Waals surface area contributed by atoms with Crippen LogP contribution < -0.4 is 0 Å². The highest BCUT2D eigenvalue weighted by Crippen LogP contribution is 2.45. The van der Waals surface area contributed by atoms with Crippen molar-refractivity contribution < 1.29 is 23.1 Å². The van der Waals surface area contributed by atoms with Crippen molar-refractivity contribution in [1.29, 1.82) is 0 Å². The molecule has 1 spiro atoms. The van der Waals surface area contributed by atoms with Gasteiger partial charge in [-0.2, -0.15) is 0 Å². The van der Waals surface area contributed by atoms with Gasteiger partial charge in [0.2, 0.25) is 0 Å². The second-order valence-electron chi connectivity index (χ2n) is 16.0. The van der Waals surface area contributed by atoms with Crippen LogP contribution in [0.4, 0.5) is 0 Å². The van der Waals surface area contributed by atoms with Crippen molar-refractivity contribution in [1.82, 2.24) is 0 Å². The zero-order chi connectivity index (χ0) is 30.0. The first-order chi connectivity index (χ1) is 17.6. The van der Waals surface area contributed by atoms with Crippen LogP contribution in [0.1, 0.15) is 114 Å². The summed E-state index contributed by atoms with van der Waals surface area (Å²) < 4.78 is 26.8. The van der Waals surface area contributed by atoms with Crippen LogP contribution in [0, 0.1) is 17.8 Å². The number of carbonyl (C=O) groups excluding carboxylic acids is 1. The lowest BCUT2D eigenvalue weighted by atomic mass is 9.81. The Bertz CT molecular complexity index is 799. The van der Waals surface area contributed by atoms with E-state index in [-0.39, 0.29) is 40.1 Å².